The van der Waals surface area contributed by atoms with Gasteiger partial charge in [0.15, 0.2) is 5.78 Å². The number of carbonyl (C=O) groups is 4. The molecule has 0 unspecified atom stereocenters. The first-order valence-electron chi connectivity index (χ1n) is 16.7. The molecule has 0 radical (unpaired) electrons. The van der Waals surface area contributed by atoms with Crippen molar-refractivity contribution < 1.29 is 41.8 Å². The molecule has 2 saturated carbocycles. The number of allylic oxidation sites excluding steroid dienone is 1. The number of pyridine rings is 1. The predicted molar refractivity (Wildman–Crippen MR) is 180 cm³/mol. The van der Waals surface area contributed by atoms with Crippen LogP contribution in [0.5, 0.6) is 11.6 Å². The van der Waals surface area contributed by atoms with E-state index in [0.29, 0.717) is 29.9 Å². The first kappa shape index (κ1) is 34.6. The summed E-state index contributed by atoms with van der Waals surface area (Å²) in [5.41, 5.74) is -1.96. The van der Waals surface area contributed by atoms with Crippen LogP contribution in [0.4, 0.5) is 0 Å². The molecular weight excluding hydrogens is 650 g/mol. The number of nitrogens with one attached hydrogen (secondary N) is 1. The number of amides is 2. The van der Waals surface area contributed by atoms with E-state index < -0.39 is 73.7 Å². The van der Waals surface area contributed by atoms with Crippen LogP contribution in [-0.2, 0) is 33.9 Å². The number of nitrogens with zero attached hydrogens (tertiary/aromatic N) is 2. The Balaban J connectivity index is 1.33. The van der Waals surface area contributed by atoms with E-state index in [1.165, 1.54) is 4.90 Å². The van der Waals surface area contributed by atoms with Crippen LogP contribution < -0.4 is 14.2 Å². The fourth-order valence-electron chi connectivity index (χ4n) is 6.81. The number of Topliss-reactive ketones (excluding diaryl/α,β-unsaturated/α-hetero) is 1. The van der Waals surface area contributed by atoms with Gasteiger partial charge in [0.2, 0.25) is 27.7 Å². The zero-order chi connectivity index (χ0) is 35.1. The fourth-order valence-corrected chi connectivity index (χ4v) is 8.20. The minimum absolute atomic E-state index is 0.00482. The summed E-state index contributed by atoms with van der Waals surface area (Å²) in [6, 6.07) is 6.37. The van der Waals surface area contributed by atoms with E-state index in [9.17, 15) is 27.6 Å². The lowest BCUT2D eigenvalue weighted by Crippen LogP contribution is -2.48. The van der Waals surface area contributed by atoms with Crippen molar-refractivity contribution in [3.63, 3.8) is 0 Å². The van der Waals surface area contributed by atoms with Crippen molar-refractivity contribution >= 4 is 44.4 Å². The Labute approximate surface area is 286 Å². The van der Waals surface area contributed by atoms with Crippen molar-refractivity contribution in [1.29, 1.82) is 0 Å². The Hall–Kier alpha value is -4.26. The first-order valence-corrected chi connectivity index (χ1v) is 18.3. The maximum Gasteiger partial charge on any atom is 0.306 e. The van der Waals surface area contributed by atoms with Crippen molar-refractivity contribution in [2.24, 2.45) is 22.7 Å². The summed E-state index contributed by atoms with van der Waals surface area (Å²) >= 11 is 0. The van der Waals surface area contributed by atoms with Crippen LogP contribution in [0, 0.1) is 22.7 Å². The lowest BCUT2D eigenvalue weighted by Gasteiger charge is -2.34. The molecule has 12 nitrogen and oxygen atoms in total. The van der Waals surface area contributed by atoms with E-state index in [4.69, 9.17) is 14.2 Å². The van der Waals surface area contributed by atoms with Crippen LogP contribution in [0.15, 0.2) is 55.3 Å². The summed E-state index contributed by atoms with van der Waals surface area (Å²) in [7, 11) is -3.84. The molecule has 5 atom stereocenters. The lowest BCUT2D eigenvalue weighted by molar-refractivity contribution is -0.152. The van der Waals surface area contributed by atoms with E-state index in [0.717, 1.165) is 5.39 Å². The third-order valence-electron chi connectivity index (χ3n) is 10.0. The number of rotatable bonds is 7. The van der Waals surface area contributed by atoms with Crippen LogP contribution >= 0.6 is 0 Å². The van der Waals surface area contributed by atoms with Gasteiger partial charge in [-0.25, -0.2) is 13.4 Å². The van der Waals surface area contributed by atoms with E-state index in [-0.39, 0.29) is 45.4 Å². The molecule has 4 aliphatic rings. The van der Waals surface area contributed by atoms with Crippen molar-refractivity contribution in [2.75, 3.05) is 19.8 Å². The van der Waals surface area contributed by atoms with Crippen LogP contribution in [-0.4, -0.2) is 79.0 Å². The molecule has 49 heavy (non-hydrogen) atoms. The Bertz CT molecular complexity index is 1810. The minimum atomic E-state index is -3.84. The number of cyclic esters (lactones) is 1. The van der Waals surface area contributed by atoms with E-state index >= 15 is 0 Å². The fraction of sp³-hybridized carbons (Fsp3) is 0.528. The van der Waals surface area contributed by atoms with Crippen molar-refractivity contribution in [1.82, 2.24) is 14.6 Å². The summed E-state index contributed by atoms with van der Waals surface area (Å²) in [6.45, 7) is 9.63. The number of hydrogen-bond acceptors (Lipinski definition) is 10. The number of sulfonamides is 1. The SMILES string of the molecule is C=C[C@@H]1C[C@]1(CC(=O)[C@@H]1C[C@@H]2CN1C(=O)[C@H](C(C)(C)C)CC(=O)OC/C=C\COc1ccc3ccnc(c3c1)O2)C(=O)NS(=O)(=O)C1CC1. The third kappa shape index (κ3) is 7.36. The second-order valence-electron chi connectivity index (χ2n) is 14.6. The Morgan fingerprint density at radius 1 is 1.12 bits per heavy atom. The van der Waals surface area contributed by atoms with Gasteiger partial charge in [0.25, 0.3) is 0 Å². The summed E-state index contributed by atoms with van der Waals surface area (Å²) in [5, 5.41) is 0.948. The zero-order valence-electron chi connectivity index (χ0n) is 28.1. The number of fused-ring (bicyclic) bond motifs is 3. The molecule has 1 aromatic heterocycles. The maximum absolute atomic E-state index is 14.4. The van der Waals surface area contributed by atoms with Gasteiger partial charge in [0.1, 0.15) is 25.1 Å². The van der Waals surface area contributed by atoms with Gasteiger partial charge in [-0.2, -0.15) is 0 Å². The van der Waals surface area contributed by atoms with Gasteiger partial charge in [0, 0.05) is 24.4 Å². The highest BCUT2D eigenvalue weighted by molar-refractivity contribution is 7.90. The average Bonchev–Trinajstić information content (AvgIpc) is 3.97. The molecule has 2 aliphatic carbocycles. The van der Waals surface area contributed by atoms with Gasteiger partial charge in [0.05, 0.1) is 35.6 Å². The van der Waals surface area contributed by atoms with Crippen molar-refractivity contribution in [2.45, 2.75) is 76.7 Å². The molecule has 2 aliphatic heterocycles. The molecule has 13 heteroatoms. The summed E-state index contributed by atoms with van der Waals surface area (Å²) in [6.07, 6.45) is 6.81. The smallest absolute Gasteiger partial charge is 0.306 e. The van der Waals surface area contributed by atoms with Crippen molar-refractivity contribution in [3.05, 3.63) is 55.3 Å². The number of ether oxygens (including phenoxy) is 3. The normalized spacial score (nSPS) is 28.4. The van der Waals surface area contributed by atoms with Gasteiger partial charge >= 0.3 is 5.97 Å². The van der Waals surface area contributed by atoms with Gasteiger partial charge in [-0.1, -0.05) is 32.9 Å². The molecule has 2 amide bonds. The summed E-state index contributed by atoms with van der Waals surface area (Å²) in [5.74, 6) is -2.41. The number of carbonyl (C=O) groups excluding carboxylic acids is 4. The molecule has 3 heterocycles. The number of esters is 1. The first-order chi connectivity index (χ1) is 23.2. The molecule has 2 aromatic rings. The second kappa shape index (κ2) is 13.2. The highest BCUT2D eigenvalue weighted by atomic mass is 32.2. The molecule has 3 fully saturated rings. The highest BCUT2D eigenvalue weighted by Gasteiger charge is 2.61. The minimum Gasteiger partial charge on any atom is -0.490 e. The predicted octanol–water partition coefficient (Wildman–Crippen LogP) is 3.89. The molecule has 0 spiro atoms. The summed E-state index contributed by atoms with van der Waals surface area (Å²) < 4.78 is 45.3. The van der Waals surface area contributed by atoms with E-state index in [2.05, 4.69) is 16.3 Å². The topological polar surface area (TPSA) is 158 Å². The van der Waals surface area contributed by atoms with E-state index in [1.807, 2.05) is 45.0 Å². The largest absolute Gasteiger partial charge is 0.490 e. The molecule has 1 saturated heterocycles. The van der Waals surface area contributed by atoms with Gasteiger partial charge in [-0.3, -0.25) is 23.9 Å². The van der Waals surface area contributed by atoms with Crippen LogP contribution in [0.1, 0.15) is 59.3 Å². The number of benzene rings is 1. The summed E-state index contributed by atoms with van der Waals surface area (Å²) in [4.78, 5) is 61.1. The molecular formula is C36H43N3O9S. The molecule has 1 aromatic carbocycles. The highest BCUT2D eigenvalue weighted by Crippen LogP contribution is 2.57. The standard InChI is InChI=1S/C36H43N3O9S/c1-5-23-19-36(23,34(43)38-49(44,45)26-10-11-26)20-30(40)29-17-25-21-39(29)33(42)28(35(2,3)4)18-31(41)47-15-7-6-14-46-24-9-8-22-12-13-37-32(48-25)27(22)16-24/h5-9,12-13,16,23,25-26,28-29H,1,10-11,14-15,17-21H2,2-4H3,(H,38,43)/b7-6-/t23-,25-,28-,29+,36-/m1/s1. The number of ketones is 1. The lowest BCUT2D eigenvalue weighted by atomic mass is 9.77. The monoisotopic (exact) mass is 693 g/mol. The molecule has 1 N–H and O–H groups in total. The Kier molecular flexibility index (Phi) is 9.33. The average molecular weight is 694 g/mol. The number of aromatic nitrogens is 1. The zero-order valence-corrected chi connectivity index (χ0v) is 28.9. The van der Waals surface area contributed by atoms with Crippen LogP contribution in [0.25, 0.3) is 10.8 Å². The van der Waals surface area contributed by atoms with Crippen molar-refractivity contribution in [3.8, 4) is 11.6 Å². The third-order valence-corrected chi connectivity index (χ3v) is 11.8. The molecule has 4 bridgehead atoms. The van der Waals surface area contributed by atoms with Gasteiger partial charge in [-0.15, -0.1) is 6.58 Å². The number of hydrogen-bond donors (Lipinski definition) is 1. The Morgan fingerprint density at radius 3 is 2.53 bits per heavy atom. The maximum atomic E-state index is 14.4. The van der Waals surface area contributed by atoms with Gasteiger partial charge in [-0.05, 0) is 66.3 Å². The Morgan fingerprint density at radius 2 is 1.86 bits per heavy atom. The molecule has 262 valence electrons. The van der Waals surface area contributed by atoms with Crippen LogP contribution in [0.2, 0.25) is 0 Å². The van der Waals surface area contributed by atoms with Gasteiger partial charge < -0.3 is 19.1 Å². The second-order valence-corrected chi connectivity index (χ2v) is 16.6. The quantitative estimate of drug-likeness (QED) is 0.333. The van der Waals surface area contributed by atoms with Crippen LogP contribution in [0.3, 0.4) is 0 Å². The van der Waals surface area contributed by atoms with E-state index in [1.54, 1.807) is 24.4 Å². The molecule has 6 rings (SSSR count).